The summed E-state index contributed by atoms with van der Waals surface area (Å²) in [7, 11) is 0. The number of hydrogen-bond acceptors (Lipinski definition) is 6. The number of pyridine rings is 1. The van der Waals surface area contributed by atoms with E-state index in [1.54, 1.807) is 12.3 Å². The van der Waals surface area contributed by atoms with Crippen molar-refractivity contribution in [3.05, 3.63) is 24.2 Å². The molecule has 2 aromatic rings. The Kier molecular flexibility index (Phi) is 2.44. The van der Waals surface area contributed by atoms with E-state index in [1.165, 1.54) is 0 Å². The highest BCUT2D eigenvalue weighted by molar-refractivity contribution is 5.50. The third kappa shape index (κ3) is 2.19. The zero-order chi connectivity index (χ0) is 10.7. The topological polar surface area (TPSA) is 105 Å². The highest BCUT2D eigenvalue weighted by Gasteiger charge is 2.09. The number of aromatic nitrogens is 5. The van der Waals surface area contributed by atoms with Gasteiger partial charge >= 0.3 is 0 Å². The molecule has 2 rings (SSSR count). The fraction of sp³-hybridized carbons (Fsp3) is 0.250. The van der Waals surface area contributed by atoms with Gasteiger partial charge < -0.3 is 11.1 Å². The summed E-state index contributed by atoms with van der Waals surface area (Å²) in [5.41, 5.74) is 6.43. The summed E-state index contributed by atoms with van der Waals surface area (Å²) in [6, 6.07) is 3.54. The van der Waals surface area contributed by atoms with Crippen LogP contribution in [0.5, 0.6) is 0 Å². The van der Waals surface area contributed by atoms with E-state index >= 15 is 0 Å². The van der Waals surface area contributed by atoms with Crippen LogP contribution in [0.25, 0.3) is 0 Å². The molecule has 0 saturated carbocycles. The van der Waals surface area contributed by atoms with Crippen molar-refractivity contribution in [2.24, 2.45) is 0 Å². The second kappa shape index (κ2) is 3.91. The van der Waals surface area contributed by atoms with E-state index in [0.29, 0.717) is 11.6 Å². The molecule has 4 N–H and O–H groups in total. The normalized spacial score (nSPS) is 12.3. The number of tetrazole rings is 1. The summed E-state index contributed by atoms with van der Waals surface area (Å²) < 4.78 is 0. The number of H-pyrrole nitrogens is 1. The van der Waals surface area contributed by atoms with Crippen molar-refractivity contribution in [2.75, 3.05) is 11.1 Å². The Bertz CT molecular complexity index is 424. The minimum atomic E-state index is -0.0365. The molecule has 1 atom stereocenters. The van der Waals surface area contributed by atoms with Crippen LogP contribution >= 0.6 is 0 Å². The zero-order valence-corrected chi connectivity index (χ0v) is 8.18. The molecule has 2 heterocycles. The van der Waals surface area contributed by atoms with E-state index in [0.717, 1.165) is 5.69 Å². The molecule has 2 aromatic heterocycles. The number of anilines is 2. The maximum atomic E-state index is 5.55. The molecule has 0 amide bonds. The zero-order valence-electron chi connectivity index (χ0n) is 8.18. The molecule has 0 fully saturated rings. The van der Waals surface area contributed by atoms with Gasteiger partial charge in [-0.15, -0.1) is 10.2 Å². The summed E-state index contributed by atoms with van der Waals surface area (Å²) in [4.78, 5) is 3.90. The molecule has 15 heavy (non-hydrogen) atoms. The van der Waals surface area contributed by atoms with Gasteiger partial charge in [0.2, 0.25) is 0 Å². The van der Waals surface area contributed by atoms with Crippen LogP contribution in [-0.2, 0) is 0 Å². The molecule has 78 valence electrons. The average Bonchev–Trinajstić information content (AvgIpc) is 2.70. The van der Waals surface area contributed by atoms with E-state index < -0.39 is 0 Å². The lowest BCUT2D eigenvalue weighted by Gasteiger charge is -2.11. The summed E-state index contributed by atoms with van der Waals surface area (Å²) in [6.45, 7) is 1.93. The van der Waals surface area contributed by atoms with E-state index in [4.69, 9.17) is 5.73 Å². The van der Waals surface area contributed by atoms with Crippen molar-refractivity contribution < 1.29 is 0 Å². The Morgan fingerprint density at radius 1 is 1.53 bits per heavy atom. The van der Waals surface area contributed by atoms with E-state index in [2.05, 4.69) is 30.9 Å². The van der Waals surface area contributed by atoms with Crippen molar-refractivity contribution in [2.45, 2.75) is 13.0 Å². The minimum Gasteiger partial charge on any atom is -0.384 e. The Morgan fingerprint density at radius 3 is 3.07 bits per heavy atom. The standard InChI is InChI=1S/C8H11N7/c1-5(8-12-14-15-13-8)11-6-2-3-10-7(9)4-6/h2-5H,1H3,(H3,9,10,11)(H,12,13,14,15). The Hall–Kier alpha value is -2.18. The maximum absolute atomic E-state index is 5.55. The van der Waals surface area contributed by atoms with Gasteiger partial charge in [-0.25, -0.2) is 4.98 Å². The molecule has 0 aromatic carbocycles. The molecule has 0 aliphatic heterocycles. The lowest BCUT2D eigenvalue weighted by molar-refractivity contribution is 0.793. The molecule has 0 spiro atoms. The van der Waals surface area contributed by atoms with Crippen LogP contribution in [0.1, 0.15) is 18.8 Å². The van der Waals surface area contributed by atoms with Crippen LogP contribution < -0.4 is 11.1 Å². The lowest BCUT2D eigenvalue weighted by Crippen LogP contribution is -2.09. The van der Waals surface area contributed by atoms with Crippen molar-refractivity contribution in [1.29, 1.82) is 0 Å². The van der Waals surface area contributed by atoms with Crippen molar-refractivity contribution >= 4 is 11.5 Å². The Morgan fingerprint density at radius 2 is 2.40 bits per heavy atom. The van der Waals surface area contributed by atoms with Crippen molar-refractivity contribution in [1.82, 2.24) is 25.6 Å². The quantitative estimate of drug-likeness (QED) is 0.667. The van der Waals surface area contributed by atoms with Crippen LogP contribution in [0.2, 0.25) is 0 Å². The van der Waals surface area contributed by atoms with Gasteiger partial charge in [0, 0.05) is 18.0 Å². The first-order chi connectivity index (χ1) is 7.25. The molecular weight excluding hydrogens is 194 g/mol. The molecule has 7 heteroatoms. The van der Waals surface area contributed by atoms with Crippen LogP contribution in [0.4, 0.5) is 11.5 Å². The fourth-order valence-corrected chi connectivity index (χ4v) is 1.21. The van der Waals surface area contributed by atoms with Gasteiger partial charge in [0.1, 0.15) is 5.82 Å². The van der Waals surface area contributed by atoms with Crippen molar-refractivity contribution in [3.8, 4) is 0 Å². The molecular formula is C8H11N7. The monoisotopic (exact) mass is 205 g/mol. The van der Waals surface area contributed by atoms with Gasteiger partial charge in [0.25, 0.3) is 0 Å². The number of nitrogens with zero attached hydrogens (tertiary/aromatic N) is 4. The first kappa shape index (κ1) is 9.38. The number of aromatic amines is 1. The SMILES string of the molecule is CC(Nc1ccnc(N)c1)c1nn[nH]n1. The molecule has 0 saturated heterocycles. The third-order valence-electron chi connectivity index (χ3n) is 1.91. The Labute approximate surface area is 86.1 Å². The van der Waals surface area contributed by atoms with Gasteiger partial charge in [0.15, 0.2) is 5.82 Å². The number of nitrogens with two attached hydrogens (primary N) is 1. The van der Waals surface area contributed by atoms with Crippen LogP contribution in [0.15, 0.2) is 18.3 Å². The smallest absolute Gasteiger partial charge is 0.196 e. The third-order valence-corrected chi connectivity index (χ3v) is 1.91. The summed E-state index contributed by atoms with van der Waals surface area (Å²) in [5.74, 6) is 1.07. The number of hydrogen-bond donors (Lipinski definition) is 3. The van der Waals surface area contributed by atoms with E-state index in [1.807, 2.05) is 13.0 Å². The molecule has 0 aliphatic rings. The molecule has 0 bridgehead atoms. The van der Waals surface area contributed by atoms with Gasteiger partial charge in [-0.05, 0) is 13.0 Å². The van der Waals surface area contributed by atoms with Crippen molar-refractivity contribution in [3.63, 3.8) is 0 Å². The Balaban J connectivity index is 2.09. The number of nitrogens with one attached hydrogen (secondary N) is 2. The maximum Gasteiger partial charge on any atom is 0.196 e. The largest absolute Gasteiger partial charge is 0.384 e. The second-order valence-electron chi connectivity index (χ2n) is 3.11. The van der Waals surface area contributed by atoms with Gasteiger partial charge in [-0.1, -0.05) is 5.21 Å². The molecule has 7 nitrogen and oxygen atoms in total. The summed E-state index contributed by atoms with van der Waals surface area (Å²) >= 11 is 0. The fourth-order valence-electron chi connectivity index (χ4n) is 1.21. The predicted molar refractivity (Wildman–Crippen MR) is 54.9 cm³/mol. The van der Waals surface area contributed by atoms with Crippen LogP contribution in [0.3, 0.4) is 0 Å². The highest BCUT2D eigenvalue weighted by atomic mass is 15.5. The second-order valence-corrected chi connectivity index (χ2v) is 3.11. The van der Waals surface area contributed by atoms with Gasteiger partial charge in [-0.3, -0.25) is 0 Å². The van der Waals surface area contributed by atoms with Crippen LogP contribution in [-0.4, -0.2) is 25.6 Å². The molecule has 1 unspecified atom stereocenters. The van der Waals surface area contributed by atoms with E-state index in [9.17, 15) is 0 Å². The molecule has 0 radical (unpaired) electrons. The number of rotatable bonds is 3. The number of nitrogen functional groups attached to an aromatic ring is 1. The molecule has 0 aliphatic carbocycles. The highest BCUT2D eigenvalue weighted by Crippen LogP contribution is 2.16. The predicted octanol–water partition coefficient (Wildman–Crippen LogP) is 0.350. The summed E-state index contributed by atoms with van der Waals surface area (Å²) in [6.07, 6.45) is 1.64. The van der Waals surface area contributed by atoms with Gasteiger partial charge in [-0.2, -0.15) is 5.21 Å². The summed E-state index contributed by atoms with van der Waals surface area (Å²) in [5, 5.41) is 16.8. The van der Waals surface area contributed by atoms with Crippen LogP contribution in [0, 0.1) is 0 Å². The van der Waals surface area contributed by atoms with E-state index in [-0.39, 0.29) is 6.04 Å². The van der Waals surface area contributed by atoms with Gasteiger partial charge in [0.05, 0.1) is 6.04 Å². The first-order valence-corrected chi connectivity index (χ1v) is 4.47. The first-order valence-electron chi connectivity index (χ1n) is 4.47. The average molecular weight is 205 g/mol. The lowest BCUT2D eigenvalue weighted by atomic mass is 10.3. The minimum absolute atomic E-state index is 0.0365.